The van der Waals surface area contributed by atoms with Gasteiger partial charge in [0.15, 0.2) is 6.23 Å². The van der Waals surface area contributed by atoms with Crippen LogP contribution in [-0.2, 0) is 6.18 Å². The van der Waals surface area contributed by atoms with E-state index in [4.69, 9.17) is 23.2 Å². The lowest BCUT2D eigenvalue weighted by Crippen LogP contribution is -2.11. The summed E-state index contributed by atoms with van der Waals surface area (Å²) in [5, 5.41) is 15.1. The average Bonchev–Trinajstić information content (AvgIpc) is 3.10. The third-order valence-corrected chi connectivity index (χ3v) is 5.18. The number of nitrogens with one attached hydrogen (secondary N) is 2. The summed E-state index contributed by atoms with van der Waals surface area (Å²) in [5.41, 5.74) is 1.91. The number of halogens is 5. The van der Waals surface area contributed by atoms with E-state index in [0.717, 1.165) is 28.9 Å². The van der Waals surface area contributed by atoms with Gasteiger partial charge in [-0.05, 0) is 36.4 Å². The van der Waals surface area contributed by atoms with Crippen LogP contribution in [0.3, 0.4) is 0 Å². The van der Waals surface area contributed by atoms with Crippen LogP contribution in [0.2, 0.25) is 10.0 Å². The minimum atomic E-state index is -4.52. The van der Waals surface area contributed by atoms with Crippen molar-refractivity contribution < 1.29 is 18.3 Å². The van der Waals surface area contributed by atoms with Gasteiger partial charge in [-0.1, -0.05) is 41.4 Å². The summed E-state index contributed by atoms with van der Waals surface area (Å²) in [7, 11) is 0. The van der Waals surface area contributed by atoms with Gasteiger partial charge in [0.1, 0.15) is 5.69 Å². The predicted octanol–water partition coefficient (Wildman–Crippen LogP) is 6.66. The molecule has 0 saturated heterocycles. The second-order valence-corrected chi connectivity index (χ2v) is 7.42. The molecule has 0 amide bonds. The number of benzene rings is 2. The number of pyridine rings is 1. The van der Waals surface area contributed by atoms with Crippen molar-refractivity contribution >= 4 is 39.8 Å². The zero-order valence-corrected chi connectivity index (χ0v) is 16.6. The van der Waals surface area contributed by atoms with E-state index < -0.39 is 18.1 Å². The quantitative estimate of drug-likeness (QED) is 0.304. The first-order valence-electron chi connectivity index (χ1n) is 8.77. The van der Waals surface area contributed by atoms with E-state index >= 15 is 0 Å². The number of rotatable bonds is 4. The summed E-state index contributed by atoms with van der Waals surface area (Å²) in [4.78, 5) is 6.60. The van der Waals surface area contributed by atoms with Gasteiger partial charge in [0.25, 0.3) is 0 Å². The minimum absolute atomic E-state index is 0.255. The third kappa shape index (κ3) is 4.09. The van der Waals surface area contributed by atoms with E-state index in [1.165, 1.54) is 6.07 Å². The first-order valence-corrected chi connectivity index (χ1v) is 9.53. The molecule has 1 unspecified atom stereocenters. The van der Waals surface area contributed by atoms with Crippen molar-refractivity contribution in [3.05, 3.63) is 82.1 Å². The highest BCUT2D eigenvalue weighted by Crippen LogP contribution is 2.36. The summed E-state index contributed by atoms with van der Waals surface area (Å²) in [6.45, 7) is 0. The van der Waals surface area contributed by atoms with Crippen LogP contribution in [-0.4, -0.2) is 15.1 Å². The van der Waals surface area contributed by atoms with Gasteiger partial charge in [-0.25, -0.2) is 4.98 Å². The maximum absolute atomic E-state index is 12.6. The number of aromatic amines is 1. The molecule has 0 aliphatic heterocycles. The number of H-pyrrole nitrogens is 1. The standard InChI is InChI=1S/C21H14Cl2F3N3O/c22-14-2-1-3-15(23)19(14)17-8-11-4-5-12(9-16(11)29-17)20(30)28-13-6-7-18(27-10-13)21(24,25)26/h1-10,20,28-30H. The van der Waals surface area contributed by atoms with Crippen molar-refractivity contribution in [1.29, 1.82) is 0 Å². The number of hydrogen-bond acceptors (Lipinski definition) is 3. The molecule has 3 N–H and O–H groups in total. The van der Waals surface area contributed by atoms with Crippen molar-refractivity contribution in [2.24, 2.45) is 0 Å². The Hall–Kier alpha value is -2.74. The number of nitrogens with zero attached hydrogens (tertiary/aromatic N) is 1. The Morgan fingerprint density at radius 3 is 2.37 bits per heavy atom. The molecule has 4 nitrogen and oxygen atoms in total. The molecule has 9 heteroatoms. The smallest absolute Gasteiger partial charge is 0.369 e. The largest absolute Gasteiger partial charge is 0.433 e. The maximum Gasteiger partial charge on any atom is 0.433 e. The summed E-state index contributed by atoms with van der Waals surface area (Å²) < 4.78 is 37.9. The highest BCUT2D eigenvalue weighted by Gasteiger charge is 2.32. The number of aliphatic hydroxyl groups is 1. The highest BCUT2D eigenvalue weighted by atomic mass is 35.5. The van der Waals surface area contributed by atoms with Crippen molar-refractivity contribution in [1.82, 2.24) is 9.97 Å². The topological polar surface area (TPSA) is 60.9 Å². The Morgan fingerprint density at radius 1 is 1.00 bits per heavy atom. The molecule has 154 valence electrons. The molecule has 2 heterocycles. The van der Waals surface area contributed by atoms with Gasteiger partial charge in [-0.2, -0.15) is 13.2 Å². The zero-order valence-electron chi connectivity index (χ0n) is 15.1. The molecular weight excluding hydrogens is 438 g/mol. The van der Waals surface area contributed by atoms with Crippen molar-refractivity contribution in [3.8, 4) is 11.3 Å². The number of aromatic nitrogens is 2. The van der Waals surface area contributed by atoms with Crippen molar-refractivity contribution in [2.45, 2.75) is 12.4 Å². The second-order valence-electron chi connectivity index (χ2n) is 6.60. The molecule has 0 fully saturated rings. The van der Waals surface area contributed by atoms with Gasteiger partial charge < -0.3 is 15.4 Å². The molecule has 0 saturated carbocycles. The first kappa shape index (κ1) is 20.5. The molecule has 0 aliphatic carbocycles. The van der Waals surface area contributed by atoms with Crippen LogP contribution in [0.5, 0.6) is 0 Å². The Morgan fingerprint density at radius 2 is 1.73 bits per heavy atom. The molecule has 0 radical (unpaired) electrons. The van der Waals surface area contributed by atoms with Crippen LogP contribution in [0.4, 0.5) is 18.9 Å². The van der Waals surface area contributed by atoms with E-state index in [9.17, 15) is 18.3 Å². The predicted molar refractivity (Wildman–Crippen MR) is 112 cm³/mol. The minimum Gasteiger partial charge on any atom is -0.369 e. The Labute approximate surface area is 179 Å². The average molecular weight is 452 g/mol. The van der Waals surface area contributed by atoms with Gasteiger partial charge in [0.2, 0.25) is 0 Å². The SMILES string of the molecule is OC(Nc1ccc(C(F)(F)F)nc1)c1ccc2cc(-c3c(Cl)cccc3Cl)[nH]c2c1. The van der Waals surface area contributed by atoms with Crippen molar-refractivity contribution in [3.63, 3.8) is 0 Å². The molecule has 0 aliphatic rings. The number of aliphatic hydroxyl groups excluding tert-OH is 1. The van der Waals surface area contributed by atoms with Crippen LogP contribution in [0.15, 0.2) is 60.8 Å². The summed E-state index contributed by atoms with van der Waals surface area (Å²) in [5.74, 6) is 0. The molecule has 4 rings (SSSR count). The van der Waals surface area contributed by atoms with E-state index in [0.29, 0.717) is 21.2 Å². The highest BCUT2D eigenvalue weighted by molar-refractivity contribution is 6.39. The summed E-state index contributed by atoms with van der Waals surface area (Å²) in [6, 6.07) is 14.5. The van der Waals surface area contributed by atoms with Crippen LogP contribution >= 0.6 is 23.2 Å². The van der Waals surface area contributed by atoms with Gasteiger partial charge >= 0.3 is 6.18 Å². The van der Waals surface area contributed by atoms with E-state index in [1.807, 2.05) is 12.1 Å². The molecule has 30 heavy (non-hydrogen) atoms. The Bertz CT molecular complexity index is 1190. The van der Waals surface area contributed by atoms with E-state index in [2.05, 4.69) is 15.3 Å². The molecule has 2 aromatic heterocycles. The molecule has 0 spiro atoms. The number of hydrogen-bond donors (Lipinski definition) is 3. The molecule has 0 bridgehead atoms. The van der Waals surface area contributed by atoms with E-state index in [-0.39, 0.29) is 5.69 Å². The summed E-state index contributed by atoms with van der Waals surface area (Å²) >= 11 is 12.5. The van der Waals surface area contributed by atoms with Gasteiger partial charge in [-0.3, -0.25) is 0 Å². The van der Waals surface area contributed by atoms with Gasteiger partial charge in [-0.15, -0.1) is 0 Å². The fourth-order valence-corrected chi connectivity index (χ4v) is 3.69. The molecule has 2 aromatic carbocycles. The fourth-order valence-electron chi connectivity index (χ4n) is 3.09. The lowest BCUT2D eigenvalue weighted by molar-refractivity contribution is -0.141. The maximum atomic E-state index is 12.6. The monoisotopic (exact) mass is 451 g/mol. The number of fused-ring (bicyclic) bond motifs is 1. The van der Waals surface area contributed by atoms with Gasteiger partial charge in [0, 0.05) is 27.7 Å². The van der Waals surface area contributed by atoms with Crippen LogP contribution in [0.25, 0.3) is 22.2 Å². The first-order chi connectivity index (χ1) is 14.2. The number of anilines is 1. The molecular formula is C21H14Cl2F3N3O. The van der Waals surface area contributed by atoms with Crippen molar-refractivity contribution in [2.75, 3.05) is 5.32 Å². The normalized spacial score (nSPS) is 12.9. The zero-order chi connectivity index (χ0) is 21.5. The molecule has 1 atom stereocenters. The molecule has 4 aromatic rings. The lowest BCUT2D eigenvalue weighted by Gasteiger charge is -2.15. The third-order valence-electron chi connectivity index (χ3n) is 4.55. The van der Waals surface area contributed by atoms with Crippen LogP contribution in [0.1, 0.15) is 17.5 Å². The summed E-state index contributed by atoms with van der Waals surface area (Å²) in [6.07, 6.45) is -4.64. The van der Waals surface area contributed by atoms with Crippen LogP contribution in [0, 0.1) is 0 Å². The van der Waals surface area contributed by atoms with Crippen LogP contribution < -0.4 is 5.32 Å². The Kier molecular flexibility index (Phi) is 5.36. The lowest BCUT2D eigenvalue weighted by atomic mass is 10.1. The number of alkyl halides is 3. The second kappa shape index (κ2) is 7.83. The van der Waals surface area contributed by atoms with E-state index in [1.54, 1.807) is 30.3 Å². The Balaban J connectivity index is 1.59. The fraction of sp³-hybridized carbons (Fsp3) is 0.0952. The van der Waals surface area contributed by atoms with Gasteiger partial charge in [0.05, 0.1) is 21.9 Å².